The van der Waals surface area contributed by atoms with Crippen molar-refractivity contribution in [2.45, 2.75) is 26.3 Å². The highest BCUT2D eigenvalue weighted by Crippen LogP contribution is 2.23. The largest absolute Gasteiger partial charge is 0.398 e. The molecule has 18 heavy (non-hydrogen) atoms. The van der Waals surface area contributed by atoms with Crippen molar-refractivity contribution in [3.63, 3.8) is 0 Å². The second-order valence-corrected chi connectivity index (χ2v) is 5.15. The maximum Gasteiger partial charge on any atom is 0.229 e. The summed E-state index contributed by atoms with van der Waals surface area (Å²) in [5.41, 5.74) is 6.97. The minimum Gasteiger partial charge on any atom is -0.398 e. The molecule has 1 heterocycles. The molecule has 1 fully saturated rings. The van der Waals surface area contributed by atoms with Crippen molar-refractivity contribution in [2.75, 3.05) is 5.73 Å². The van der Waals surface area contributed by atoms with Gasteiger partial charge in [0.1, 0.15) is 0 Å². The second-order valence-electron chi connectivity index (χ2n) is 4.74. The molecular formula is C13H15ClN2O2. The van der Waals surface area contributed by atoms with Crippen molar-refractivity contribution < 1.29 is 9.59 Å². The third-order valence-electron chi connectivity index (χ3n) is 3.05. The molecule has 0 spiro atoms. The highest BCUT2D eigenvalue weighted by molar-refractivity contribution is 6.33. The first-order valence-corrected chi connectivity index (χ1v) is 6.22. The third-order valence-corrected chi connectivity index (χ3v) is 3.39. The molecule has 0 unspecified atom stereocenters. The number of halogens is 1. The van der Waals surface area contributed by atoms with Crippen LogP contribution in [-0.4, -0.2) is 16.7 Å². The molecule has 4 nitrogen and oxygen atoms in total. The molecule has 2 amide bonds. The van der Waals surface area contributed by atoms with Crippen LogP contribution in [0.4, 0.5) is 5.69 Å². The summed E-state index contributed by atoms with van der Waals surface area (Å²) >= 11 is 5.83. The minimum atomic E-state index is -0.118. The zero-order chi connectivity index (χ0) is 13.3. The maximum absolute atomic E-state index is 11.8. The number of rotatable bonds is 2. The fraction of sp³-hybridized carbons (Fsp3) is 0.385. The van der Waals surface area contributed by atoms with Gasteiger partial charge in [0, 0.05) is 12.8 Å². The molecule has 1 saturated heterocycles. The van der Waals surface area contributed by atoms with Crippen LogP contribution < -0.4 is 5.73 Å². The number of piperidine rings is 1. The molecule has 0 atom stereocenters. The Morgan fingerprint density at radius 2 is 1.94 bits per heavy atom. The van der Waals surface area contributed by atoms with Gasteiger partial charge in [0.15, 0.2) is 0 Å². The average Bonchev–Trinajstić information content (AvgIpc) is 2.28. The summed E-state index contributed by atoms with van der Waals surface area (Å²) in [5, 5.41) is 0.476. The van der Waals surface area contributed by atoms with E-state index < -0.39 is 0 Å². The van der Waals surface area contributed by atoms with Gasteiger partial charge in [0.25, 0.3) is 0 Å². The summed E-state index contributed by atoms with van der Waals surface area (Å²) in [4.78, 5) is 24.9. The van der Waals surface area contributed by atoms with Gasteiger partial charge in [-0.1, -0.05) is 24.6 Å². The van der Waals surface area contributed by atoms with Crippen LogP contribution >= 0.6 is 11.6 Å². The maximum atomic E-state index is 11.8. The average molecular weight is 267 g/mol. The standard InChI is InChI=1S/C13H15ClN2O2/c1-8-4-12(17)16(13(18)5-8)7-9-2-3-10(14)11(15)6-9/h2-3,6,8H,4-5,7,15H2,1H3. The molecule has 0 saturated carbocycles. The molecule has 5 heteroatoms. The highest BCUT2D eigenvalue weighted by atomic mass is 35.5. The number of carbonyl (C=O) groups is 2. The summed E-state index contributed by atoms with van der Waals surface area (Å²) in [6.45, 7) is 2.18. The lowest BCUT2D eigenvalue weighted by Crippen LogP contribution is -2.42. The van der Waals surface area contributed by atoms with Gasteiger partial charge in [-0.3, -0.25) is 14.5 Å². The minimum absolute atomic E-state index is 0.118. The number of benzene rings is 1. The van der Waals surface area contributed by atoms with Crippen LogP contribution in [0.2, 0.25) is 5.02 Å². The Labute approximate surface area is 111 Å². The van der Waals surface area contributed by atoms with Gasteiger partial charge < -0.3 is 5.73 Å². The van der Waals surface area contributed by atoms with E-state index in [9.17, 15) is 9.59 Å². The van der Waals surface area contributed by atoms with Crippen LogP contribution in [0.3, 0.4) is 0 Å². The van der Waals surface area contributed by atoms with Gasteiger partial charge in [0.2, 0.25) is 11.8 Å². The number of likely N-dealkylation sites (tertiary alicyclic amines) is 1. The Hall–Kier alpha value is -1.55. The number of anilines is 1. The number of hydrogen-bond donors (Lipinski definition) is 1. The lowest BCUT2D eigenvalue weighted by atomic mass is 9.97. The number of nitrogens with zero attached hydrogens (tertiary/aromatic N) is 1. The molecule has 2 N–H and O–H groups in total. The van der Waals surface area contributed by atoms with Crippen LogP contribution in [0.1, 0.15) is 25.3 Å². The van der Waals surface area contributed by atoms with Crippen molar-refractivity contribution in [1.82, 2.24) is 4.90 Å². The molecule has 0 aliphatic carbocycles. The van der Waals surface area contributed by atoms with Gasteiger partial charge in [-0.2, -0.15) is 0 Å². The van der Waals surface area contributed by atoms with E-state index in [4.69, 9.17) is 17.3 Å². The monoisotopic (exact) mass is 266 g/mol. The van der Waals surface area contributed by atoms with E-state index in [-0.39, 0.29) is 24.3 Å². The zero-order valence-electron chi connectivity index (χ0n) is 10.1. The van der Waals surface area contributed by atoms with Gasteiger partial charge in [-0.25, -0.2) is 0 Å². The van der Waals surface area contributed by atoms with E-state index in [0.29, 0.717) is 23.6 Å². The summed E-state index contributed by atoms with van der Waals surface area (Å²) in [6.07, 6.45) is 0.851. The van der Waals surface area contributed by atoms with Gasteiger partial charge in [-0.15, -0.1) is 0 Å². The van der Waals surface area contributed by atoms with Crippen molar-refractivity contribution in [2.24, 2.45) is 5.92 Å². The first-order valence-electron chi connectivity index (χ1n) is 5.84. The Balaban J connectivity index is 2.15. The quantitative estimate of drug-likeness (QED) is 0.659. The smallest absolute Gasteiger partial charge is 0.229 e. The van der Waals surface area contributed by atoms with E-state index in [2.05, 4.69) is 0 Å². The summed E-state index contributed by atoms with van der Waals surface area (Å²) in [6, 6.07) is 5.14. The van der Waals surface area contributed by atoms with Crippen molar-refractivity contribution in [1.29, 1.82) is 0 Å². The van der Waals surface area contributed by atoms with Gasteiger partial charge >= 0.3 is 0 Å². The number of hydrogen-bond acceptors (Lipinski definition) is 3. The van der Waals surface area contributed by atoms with Gasteiger partial charge in [0.05, 0.1) is 17.3 Å². The molecule has 96 valence electrons. The predicted octanol–water partition coefficient (Wildman–Crippen LogP) is 2.21. The van der Waals surface area contributed by atoms with Crippen LogP contribution in [0.15, 0.2) is 18.2 Å². The lowest BCUT2D eigenvalue weighted by Gasteiger charge is -2.28. The number of imide groups is 1. The Bertz CT molecular complexity index is 484. The van der Waals surface area contributed by atoms with E-state index >= 15 is 0 Å². The molecule has 1 aromatic carbocycles. The molecule has 1 aliphatic rings. The predicted molar refractivity (Wildman–Crippen MR) is 69.8 cm³/mol. The molecule has 0 radical (unpaired) electrons. The number of nitrogens with two attached hydrogens (primary N) is 1. The molecule has 1 aliphatic heterocycles. The number of amides is 2. The zero-order valence-corrected chi connectivity index (χ0v) is 10.9. The Morgan fingerprint density at radius 1 is 1.33 bits per heavy atom. The fourth-order valence-corrected chi connectivity index (χ4v) is 2.20. The van der Waals surface area contributed by atoms with E-state index in [1.54, 1.807) is 18.2 Å². The van der Waals surface area contributed by atoms with Crippen LogP contribution in [0.5, 0.6) is 0 Å². The summed E-state index contributed by atoms with van der Waals surface area (Å²) in [7, 11) is 0. The first-order chi connectivity index (χ1) is 8.47. The van der Waals surface area contributed by atoms with Crippen molar-refractivity contribution in [3.8, 4) is 0 Å². The lowest BCUT2D eigenvalue weighted by molar-refractivity contribution is -0.150. The molecule has 0 aromatic heterocycles. The fourth-order valence-electron chi connectivity index (χ4n) is 2.08. The molecule has 1 aromatic rings. The van der Waals surface area contributed by atoms with Crippen LogP contribution in [-0.2, 0) is 16.1 Å². The van der Waals surface area contributed by atoms with Gasteiger partial charge in [-0.05, 0) is 23.6 Å². The summed E-state index contributed by atoms with van der Waals surface area (Å²) < 4.78 is 0. The van der Waals surface area contributed by atoms with E-state index in [1.165, 1.54) is 4.90 Å². The number of nitrogen functional groups attached to an aromatic ring is 1. The normalized spacial score (nSPS) is 17.3. The summed E-state index contributed by atoms with van der Waals surface area (Å²) in [5.74, 6) is -0.101. The molecule has 0 bridgehead atoms. The topological polar surface area (TPSA) is 63.4 Å². The third kappa shape index (κ3) is 2.64. The van der Waals surface area contributed by atoms with Crippen molar-refractivity contribution in [3.05, 3.63) is 28.8 Å². The van der Waals surface area contributed by atoms with Crippen molar-refractivity contribution >= 4 is 29.1 Å². The highest BCUT2D eigenvalue weighted by Gasteiger charge is 2.30. The number of carbonyl (C=O) groups excluding carboxylic acids is 2. The molecule has 2 rings (SSSR count). The first kappa shape index (κ1) is 12.9. The SMILES string of the molecule is CC1CC(=O)N(Cc2ccc(Cl)c(N)c2)C(=O)C1. The van der Waals surface area contributed by atoms with E-state index in [0.717, 1.165) is 5.56 Å². The van der Waals surface area contributed by atoms with E-state index in [1.807, 2.05) is 6.92 Å². The Kier molecular flexibility index (Phi) is 3.57. The van der Waals surface area contributed by atoms with Crippen LogP contribution in [0, 0.1) is 5.92 Å². The molecular weight excluding hydrogens is 252 g/mol. The second kappa shape index (κ2) is 4.98. The Morgan fingerprint density at radius 3 is 2.50 bits per heavy atom. The van der Waals surface area contributed by atoms with Crippen LogP contribution in [0.25, 0.3) is 0 Å².